The first-order chi connectivity index (χ1) is 9.31. The van der Waals surface area contributed by atoms with E-state index in [9.17, 15) is 0 Å². The molecule has 3 N–H and O–H groups in total. The molecule has 1 aliphatic carbocycles. The number of nitrogens with zero attached hydrogens (tertiary/aromatic N) is 4. The number of hydrazine groups is 1. The highest BCUT2D eigenvalue weighted by Crippen LogP contribution is 2.29. The van der Waals surface area contributed by atoms with Crippen molar-refractivity contribution in [3.8, 4) is 0 Å². The first-order valence-electron chi connectivity index (χ1n) is 6.87. The van der Waals surface area contributed by atoms with Crippen LogP contribution in [0.5, 0.6) is 0 Å². The summed E-state index contributed by atoms with van der Waals surface area (Å²) < 4.78 is 1.96. The van der Waals surface area contributed by atoms with Gasteiger partial charge in [-0.25, -0.2) is 15.8 Å². The lowest BCUT2D eigenvalue weighted by molar-refractivity contribution is 0.318. The molecule has 6 nitrogen and oxygen atoms in total. The molecular weight excluding hydrogens is 240 g/mol. The van der Waals surface area contributed by atoms with Gasteiger partial charge in [-0.2, -0.15) is 0 Å². The van der Waals surface area contributed by atoms with Gasteiger partial charge in [-0.05, 0) is 25.7 Å². The number of nitrogens with one attached hydrogen (secondary N) is 1. The Labute approximate surface area is 112 Å². The Kier molecular flexibility index (Phi) is 3.25. The molecule has 0 atom stereocenters. The van der Waals surface area contributed by atoms with E-state index in [0.717, 1.165) is 30.5 Å². The van der Waals surface area contributed by atoms with Crippen molar-refractivity contribution in [1.29, 1.82) is 0 Å². The van der Waals surface area contributed by atoms with E-state index in [4.69, 9.17) is 5.84 Å². The van der Waals surface area contributed by atoms with Crippen molar-refractivity contribution in [2.75, 3.05) is 23.4 Å². The third-order valence-corrected chi connectivity index (χ3v) is 3.89. The monoisotopic (exact) mass is 260 g/mol. The van der Waals surface area contributed by atoms with E-state index in [0.29, 0.717) is 5.82 Å². The van der Waals surface area contributed by atoms with Crippen LogP contribution in [0.4, 0.5) is 11.6 Å². The summed E-state index contributed by atoms with van der Waals surface area (Å²) in [7, 11) is 0. The summed E-state index contributed by atoms with van der Waals surface area (Å²) in [6, 6.07) is 0. The number of nitrogens with two attached hydrogens (primary N) is 1. The lowest BCUT2D eigenvalue weighted by Crippen LogP contribution is -2.33. The van der Waals surface area contributed by atoms with Gasteiger partial charge >= 0.3 is 0 Å². The summed E-state index contributed by atoms with van der Waals surface area (Å²) in [5, 5.41) is 0. The van der Waals surface area contributed by atoms with Crippen LogP contribution in [0.1, 0.15) is 26.2 Å². The molecular formula is C13H20N6. The number of rotatable bonds is 5. The van der Waals surface area contributed by atoms with Gasteiger partial charge in [0.2, 0.25) is 0 Å². The first-order valence-corrected chi connectivity index (χ1v) is 6.87. The second kappa shape index (κ2) is 5.05. The minimum atomic E-state index is 0.660. The Hall–Kier alpha value is -1.82. The highest BCUT2D eigenvalue weighted by molar-refractivity contribution is 5.66. The number of aromatic nitrogens is 3. The minimum absolute atomic E-state index is 0.660. The van der Waals surface area contributed by atoms with E-state index >= 15 is 0 Å². The van der Waals surface area contributed by atoms with Gasteiger partial charge in [0.25, 0.3) is 0 Å². The standard InChI is InChI=1S/C13H20N6/c1-2-18(8-10-4-3-5-10)13-12-15-6-7-19(12)9-11(16-13)17-14/h6-7,9-10,17H,2-5,8,14H2,1H3. The van der Waals surface area contributed by atoms with Crippen LogP contribution in [0, 0.1) is 5.92 Å². The number of hydrogen-bond acceptors (Lipinski definition) is 5. The van der Waals surface area contributed by atoms with Gasteiger partial charge in [0.15, 0.2) is 17.3 Å². The smallest absolute Gasteiger partial charge is 0.180 e. The zero-order chi connectivity index (χ0) is 13.2. The SMILES string of the molecule is CCN(CC1CCC1)c1nc(NN)cn2ccnc12. The number of nitrogen functional groups attached to an aromatic ring is 1. The summed E-state index contributed by atoms with van der Waals surface area (Å²) in [5.41, 5.74) is 3.51. The Morgan fingerprint density at radius 2 is 2.37 bits per heavy atom. The van der Waals surface area contributed by atoms with Crippen molar-refractivity contribution in [3.63, 3.8) is 0 Å². The van der Waals surface area contributed by atoms with E-state index < -0.39 is 0 Å². The molecule has 6 heteroatoms. The largest absolute Gasteiger partial charge is 0.353 e. The molecule has 0 spiro atoms. The molecule has 1 fully saturated rings. The van der Waals surface area contributed by atoms with Crippen LogP contribution in [0.15, 0.2) is 18.6 Å². The Balaban J connectivity index is 1.97. The molecule has 0 saturated heterocycles. The van der Waals surface area contributed by atoms with Gasteiger partial charge in [0, 0.05) is 25.5 Å². The fraction of sp³-hybridized carbons (Fsp3) is 0.538. The highest BCUT2D eigenvalue weighted by Gasteiger charge is 2.22. The maximum Gasteiger partial charge on any atom is 0.180 e. The van der Waals surface area contributed by atoms with Crippen molar-refractivity contribution < 1.29 is 0 Å². The summed E-state index contributed by atoms with van der Waals surface area (Å²) >= 11 is 0. The topological polar surface area (TPSA) is 71.5 Å². The maximum absolute atomic E-state index is 5.49. The zero-order valence-electron chi connectivity index (χ0n) is 11.2. The molecule has 1 saturated carbocycles. The Morgan fingerprint density at radius 1 is 1.53 bits per heavy atom. The van der Waals surface area contributed by atoms with Crippen LogP contribution in [0.2, 0.25) is 0 Å². The number of fused-ring (bicyclic) bond motifs is 1. The van der Waals surface area contributed by atoms with E-state index in [1.807, 2.05) is 16.8 Å². The molecule has 2 heterocycles. The van der Waals surface area contributed by atoms with Crippen LogP contribution >= 0.6 is 0 Å². The average molecular weight is 260 g/mol. The molecule has 3 rings (SSSR count). The van der Waals surface area contributed by atoms with Gasteiger partial charge < -0.3 is 14.7 Å². The molecule has 0 unspecified atom stereocenters. The van der Waals surface area contributed by atoms with Crippen molar-refractivity contribution in [3.05, 3.63) is 18.6 Å². The van der Waals surface area contributed by atoms with E-state index in [2.05, 4.69) is 27.2 Å². The number of imidazole rings is 1. The molecule has 2 aromatic heterocycles. The number of hydrogen-bond donors (Lipinski definition) is 2. The normalized spacial score (nSPS) is 15.5. The number of anilines is 2. The average Bonchev–Trinajstić information content (AvgIpc) is 2.85. The summed E-state index contributed by atoms with van der Waals surface area (Å²) in [5.74, 6) is 7.86. The third kappa shape index (κ3) is 2.23. The second-order valence-electron chi connectivity index (χ2n) is 5.09. The zero-order valence-corrected chi connectivity index (χ0v) is 11.2. The lowest BCUT2D eigenvalue weighted by Gasteiger charge is -2.32. The van der Waals surface area contributed by atoms with Gasteiger partial charge in [-0.15, -0.1) is 0 Å². The second-order valence-corrected chi connectivity index (χ2v) is 5.09. The van der Waals surface area contributed by atoms with Gasteiger partial charge in [0.1, 0.15) is 0 Å². The van der Waals surface area contributed by atoms with E-state index in [1.54, 1.807) is 6.20 Å². The van der Waals surface area contributed by atoms with Crippen molar-refractivity contribution >= 4 is 17.3 Å². The van der Waals surface area contributed by atoms with Gasteiger partial charge in [-0.1, -0.05) is 6.42 Å². The predicted octanol–water partition coefficient (Wildman–Crippen LogP) is 1.64. The highest BCUT2D eigenvalue weighted by atomic mass is 15.3. The van der Waals surface area contributed by atoms with Crippen LogP contribution in [-0.4, -0.2) is 27.5 Å². The van der Waals surface area contributed by atoms with Crippen molar-refractivity contribution in [2.45, 2.75) is 26.2 Å². The lowest BCUT2D eigenvalue weighted by atomic mass is 9.85. The van der Waals surface area contributed by atoms with Crippen molar-refractivity contribution in [1.82, 2.24) is 14.4 Å². The Bertz CT molecular complexity index is 559. The molecule has 19 heavy (non-hydrogen) atoms. The van der Waals surface area contributed by atoms with E-state index in [-0.39, 0.29) is 0 Å². The van der Waals surface area contributed by atoms with Gasteiger partial charge in [0.05, 0.1) is 6.20 Å². The molecule has 102 valence electrons. The quantitative estimate of drug-likeness (QED) is 0.631. The fourth-order valence-corrected chi connectivity index (χ4v) is 2.55. The van der Waals surface area contributed by atoms with Crippen LogP contribution in [0.3, 0.4) is 0 Å². The van der Waals surface area contributed by atoms with Crippen LogP contribution in [0.25, 0.3) is 5.65 Å². The summed E-state index contributed by atoms with van der Waals surface area (Å²) in [4.78, 5) is 11.3. The maximum atomic E-state index is 5.49. The minimum Gasteiger partial charge on any atom is -0.353 e. The van der Waals surface area contributed by atoms with Crippen LogP contribution < -0.4 is 16.2 Å². The molecule has 0 amide bonds. The third-order valence-electron chi connectivity index (χ3n) is 3.89. The summed E-state index contributed by atoms with van der Waals surface area (Å²) in [6.45, 7) is 4.14. The molecule has 1 aliphatic rings. The Morgan fingerprint density at radius 3 is 3.00 bits per heavy atom. The van der Waals surface area contributed by atoms with Gasteiger partial charge in [-0.3, -0.25) is 0 Å². The van der Waals surface area contributed by atoms with E-state index in [1.165, 1.54) is 19.3 Å². The molecule has 0 bridgehead atoms. The fourth-order valence-electron chi connectivity index (χ4n) is 2.55. The van der Waals surface area contributed by atoms with Crippen LogP contribution in [-0.2, 0) is 0 Å². The molecule has 2 aromatic rings. The molecule has 0 aromatic carbocycles. The first kappa shape index (κ1) is 12.2. The molecule has 0 aliphatic heterocycles. The molecule has 0 radical (unpaired) electrons. The summed E-state index contributed by atoms with van der Waals surface area (Å²) in [6.07, 6.45) is 9.57. The predicted molar refractivity (Wildman–Crippen MR) is 76.0 cm³/mol. The van der Waals surface area contributed by atoms with Crippen molar-refractivity contribution in [2.24, 2.45) is 11.8 Å².